The number of halogens is 1. The lowest BCUT2D eigenvalue weighted by Gasteiger charge is -2.03. The SMILES string of the molecule is COc1ccc(C(=O)C=Cc2ccnc3ccccc23)cc1F. The van der Waals surface area contributed by atoms with Crippen molar-refractivity contribution in [1.29, 1.82) is 0 Å². The quantitative estimate of drug-likeness (QED) is 0.533. The molecule has 0 aliphatic carbocycles. The largest absolute Gasteiger partial charge is 0.494 e. The summed E-state index contributed by atoms with van der Waals surface area (Å²) in [6, 6.07) is 13.7. The molecule has 0 unspecified atom stereocenters. The van der Waals surface area contributed by atoms with Gasteiger partial charge < -0.3 is 4.74 Å². The van der Waals surface area contributed by atoms with Gasteiger partial charge in [0.15, 0.2) is 17.3 Å². The van der Waals surface area contributed by atoms with Crippen LogP contribution in [-0.2, 0) is 0 Å². The molecule has 0 saturated carbocycles. The number of methoxy groups -OCH3 is 1. The minimum absolute atomic E-state index is 0.116. The molecule has 1 heterocycles. The average molecular weight is 307 g/mol. The molecule has 0 aliphatic heterocycles. The molecule has 3 nitrogen and oxygen atoms in total. The number of para-hydroxylation sites is 1. The minimum Gasteiger partial charge on any atom is -0.494 e. The van der Waals surface area contributed by atoms with Crippen LogP contribution in [0.15, 0.2) is 60.8 Å². The maximum atomic E-state index is 13.7. The standard InChI is InChI=1S/C19H14FNO2/c1-23-19-9-7-14(12-16(19)20)18(22)8-6-13-10-11-21-17-5-3-2-4-15(13)17/h2-12H,1H3. The molecule has 114 valence electrons. The lowest BCUT2D eigenvalue weighted by Crippen LogP contribution is -1.97. The summed E-state index contributed by atoms with van der Waals surface area (Å²) in [6.07, 6.45) is 4.84. The molecule has 0 saturated heterocycles. The molecule has 0 spiro atoms. The third-order valence-corrected chi connectivity index (χ3v) is 3.53. The number of hydrogen-bond donors (Lipinski definition) is 0. The Balaban J connectivity index is 1.89. The van der Waals surface area contributed by atoms with Crippen LogP contribution in [0.1, 0.15) is 15.9 Å². The second kappa shape index (κ2) is 6.40. The molecule has 0 atom stereocenters. The molecule has 3 rings (SSSR count). The fourth-order valence-electron chi connectivity index (χ4n) is 2.34. The molecule has 0 N–H and O–H groups in total. The first-order valence-corrected chi connectivity index (χ1v) is 7.09. The van der Waals surface area contributed by atoms with Crippen LogP contribution >= 0.6 is 0 Å². The van der Waals surface area contributed by atoms with E-state index in [0.717, 1.165) is 16.5 Å². The molecule has 0 amide bonds. The number of nitrogens with zero attached hydrogens (tertiary/aromatic N) is 1. The molecule has 3 aromatic rings. The molecule has 0 radical (unpaired) electrons. The molecular weight excluding hydrogens is 293 g/mol. The summed E-state index contributed by atoms with van der Waals surface area (Å²) in [7, 11) is 1.38. The van der Waals surface area contributed by atoms with E-state index in [2.05, 4.69) is 4.98 Å². The van der Waals surface area contributed by atoms with E-state index in [0.29, 0.717) is 0 Å². The number of ether oxygens (including phenoxy) is 1. The van der Waals surface area contributed by atoms with E-state index >= 15 is 0 Å². The van der Waals surface area contributed by atoms with Gasteiger partial charge in [0.1, 0.15) is 0 Å². The van der Waals surface area contributed by atoms with E-state index in [4.69, 9.17) is 4.74 Å². The van der Waals surface area contributed by atoms with Crippen molar-refractivity contribution in [3.63, 3.8) is 0 Å². The van der Waals surface area contributed by atoms with E-state index < -0.39 is 5.82 Å². The molecule has 0 fully saturated rings. The predicted molar refractivity (Wildman–Crippen MR) is 88.1 cm³/mol. The van der Waals surface area contributed by atoms with Gasteiger partial charge in [0.2, 0.25) is 0 Å². The van der Waals surface area contributed by atoms with Crippen LogP contribution in [0, 0.1) is 5.82 Å². The van der Waals surface area contributed by atoms with Gasteiger partial charge in [0.05, 0.1) is 12.6 Å². The Labute approximate surface area is 133 Å². The van der Waals surface area contributed by atoms with Gasteiger partial charge in [-0.2, -0.15) is 0 Å². The Morgan fingerprint density at radius 3 is 2.78 bits per heavy atom. The van der Waals surface area contributed by atoms with Gasteiger partial charge in [-0.15, -0.1) is 0 Å². The van der Waals surface area contributed by atoms with Crippen LogP contribution in [0.5, 0.6) is 5.75 Å². The number of rotatable bonds is 4. The van der Waals surface area contributed by atoms with Crippen molar-refractivity contribution in [3.05, 3.63) is 77.7 Å². The summed E-state index contributed by atoms with van der Waals surface area (Å²) < 4.78 is 18.5. The first-order valence-electron chi connectivity index (χ1n) is 7.09. The van der Waals surface area contributed by atoms with E-state index in [1.165, 1.54) is 25.3 Å². The van der Waals surface area contributed by atoms with Crippen molar-refractivity contribution in [3.8, 4) is 5.75 Å². The zero-order valence-corrected chi connectivity index (χ0v) is 12.5. The topological polar surface area (TPSA) is 39.2 Å². The summed E-state index contributed by atoms with van der Waals surface area (Å²) in [5.74, 6) is -0.709. The molecular formula is C19H14FNO2. The third kappa shape index (κ3) is 3.11. The molecule has 0 bridgehead atoms. The monoisotopic (exact) mass is 307 g/mol. The van der Waals surface area contributed by atoms with Crippen LogP contribution in [0.3, 0.4) is 0 Å². The van der Waals surface area contributed by atoms with Crippen molar-refractivity contribution in [2.24, 2.45) is 0 Å². The molecule has 0 aliphatic rings. The number of ketones is 1. The van der Waals surface area contributed by atoms with Gasteiger partial charge in [-0.25, -0.2) is 4.39 Å². The maximum Gasteiger partial charge on any atom is 0.185 e. The van der Waals surface area contributed by atoms with Gasteiger partial charge >= 0.3 is 0 Å². The van der Waals surface area contributed by atoms with E-state index in [9.17, 15) is 9.18 Å². The summed E-state index contributed by atoms with van der Waals surface area (Å²) in [6.45, 7) is 0. The first kappa shape index (κ1) is 14.9. The number of carbonyl (C=O) groups excluding carboxylic acids is 1. The molecule has 23 heavy (non-hydrogen) atoms. The Morgan fingerprint density at radius 2 is 2.00 bits per heavy atom. The van der Waals surface area contributed by atoms with Gasteiger partial charge in [0, 0.05) is 17.1 Å². The molecule has 4 heteroatoms. The Morgan fingerprint density at radius 1 is 1.17 bits per heavy atom. The van der Waals surface area contributed by atoms with Gasteiger partial charge in [-0.05, 0) is 42.0 Å². The number of hydrogen-bond acceptors (Lipinski definition) is 3. The molecule has 2 aromatic carbocycles. The Kier molecular flexibility index (Phi) is 4.15. The normalized spacial score (nSPS) is 11.0. The number of benzene rings is 2. The summed E-state index contributed by atoms with van der Waals surface area (Å²) >= 11 is 0. The highest BCUT2D eigenvalue weighted by atomic mass is 19.1. The average Bonchev–Trinajstić information content (AvgIpc) is 2.59. The lowest BCUT2D eigenvalue weighted by molar-refractivity contribution is 0.104. The number of pyridine rings is 1. The fourth-order valence-corrected chi connectivity index (χ4v) is 2.34. The maximum absolute atomic E-state index is 13.7. The van der Waals surface area contributed by atoms with Crippen LogP contribution < -0.4 is 4.74 Å². The highest BCUT2D eigenvalue weighted by Crippen LogP contribution is 2.20. The van der Waals surface area contributed by atoms with Crippen molar-refractivity contribution < 1.29 is 13.9 Å². The second-order valence-electron chi connectivity index (χ2n) is 4.96. The van der Waals surface area contributed by atoms with Crippen molar-refractivity contribution in [2.75, 3.05) is 7.11 Å². The number of aromatic nitrogens is 1. The Bertz CT molecular complexity index is 898. The second-order valence-corrected chi connectivity index (χ2v) is 4.96. The predicted octanol–water partition coefficient (Wildman–Crippen LogP) is 4.28. The van der Waals surface area contributed by atoms with Gasteiger partial charge in [-0.3, -0.25) is 9.78 Å². The minimum atomic E-state index is -0.555. The first-order chi connectivity index (χ1) is 11.2. The van der Waals surface area contributed by atoms with Crippen LogP contribution in [0.25, 0.3) is 17.0 Å². The number of fused-ring (bicyclic) bond motifs is 1. The highest BCUT2D eigenvalue weighted by Gasteiger charge is 2.08. The fraction of sp³-hybridized carbons (Fsp3) is 0.0526. The summed E-state index contributed by atoms with van der Waals surface area (Å²) in [5.41, 5.74) is 2.02. The van der Waals surface area contributed by atoms with E-state index in [1.54, 1.807) is 18.3 Å². The van der Waals surface area contributed by atoms with Crippen LogP contribution in [-0.4, -0.2) is 17.9 Å². The van der Waals surface area contributed by atoms with E-state index in [1.807, 2.05) is 30.3 Å². The van der Waals surface area contributed by atoms with Crippen LogP contribution in [0.4, 0.5) is 4.39 Å². The number of carbonyl (C=O) groups is 1. The third-order valence-electron chi connectivity index (χ3n) is 3.53. The smallest absolute Gasteiger partial charge is 0.185 e. The lowest BCUT2D eigenvalue weighted by atomic mass is 10.1. The zero-order valence-electron chi connectivity index (χ0n) is 12.5. The van der Waals surface area contributed by atoms with Crippen molar-refractivity contribution in [2.45, 2.75) is 0 Å². The number of allylic oxidation sites excluding steroid dienone is 1. The Hall–Kier alpha value is -3.01. The van der Waals surface area contributed by atoms with Gasteiger partial charge in [-0.1, -0.05) is 24.3 Å². The summed E-state index contributed by atoms with van der Waals surface area (Å²) in [5, 5.41) is 0.958. The zero-order chi connectivity index (χ0) is 16.2. The van der Waals surface area contributed by atoms with E-state index in [-0.39, 0.29) is 17.1 Å². The summed E-state index contributed by atoms with van der Waals surface area (Å²) in [4.78, 5) is 16.5. The van der Waals surface area contributed by atoms with Crippen LogP contribution in [0.2, 0.25) is 0 Å². The molecule has 1 aromatic heterocycles. The van der Waals surface area contributed by atoms with Crippen molar-refractivity contribution >= 4 is 22.8 Å². The van der Waals surface area contributed by atoms with Gasteiger partial charge in [0.25, 0.3) is 0 Å². The van der Waals surface area contributed by atoms with Crippen molar-refractivity contribution in [1.82, 2.24) is 4.98 Å². The highest BCUT2D eigenvalue weighted by molar-refractivity contribution is 6.07.